The second-order valence-corrected chi connectivity index (χ2v) is 5.49. The van der Waals surface area contributed by atoms with Crippen LogP contribution in [0.5, 0.6) is 5.75 Å². The van der Waals surface area contributed by atoms with Crippen LogP contribution in [0.4, 0.5) is 0 Å². The Kier molecular flexibility index (Phi) is 4.90. The van der Waals surface area contributed by atoms with Crippen molar-refractivity contribution in [3.05, 3.63) is 83.9 Å². The molecule has 0 radical (unpaired) electrons. The highest BCUT2D eigenvalue weighted by molar-refractivity contribution is 6.07. The largest absolute Gasteiger partial charge is 0.546 e. The minimum absolute atomic E-state index is 0.188. The Morgan fingerprint density at radius 1 is 0.920 bits per heavy atom. The number of carbonyl (C=O) groups is 2. The lowest BCUT2D eigenvalue weighted by atomic mass is 10.1. The van der Waals surface area contributed by atoms with E-state index in [-0.39, 0.29) is 5.78 Å². The van der Waals surface area contributed by atoms with Crippen LogP contribution in [0.3, 0.4) is 0 Å². The molecule has 25 heavy (non-hydrogen) atoms. The first-order valence-corrected chi connectivity index (χ1v) is 7.76. The number of fused-ring (bicyclic) bond motifs is 1. The molecular formula is C21H15O4-. The maximum Gasteiger partial charge on any atom is 0.185 e. The molecule has 0 heterocycles. The second-order valence-electron chi connectivity index (χ2n) is 5.49. The van der Waals surface area contributed by atoms with Gasteiger partial charge in [-0.2, -0.15) is 0 Å². The van der Waals surface area contributed by atoms with Gasteiger partial charge in [-0.15, -0.1) is 0 Å². The number of carboxylic acids is 1. The molecule has 3 aromatic rings. The van der Waals surface area contributed by atoms with Gasteiger partial charge in [0.1, 0.15) is 12.4 Å². The summed E-state index contributed by atoms with van der Waals surface area (Å²) in [5, 5.41) is 12.7. The summed E-state index contributed by atoms with van der Waals surface area (Å²) in [6, 6.07) is 20.4. The molecule has 0 saturated heterocycles. The molecule has 0 bridgehead atoms. The van der Waals surface area contributed by atoms with Gasteiger partial charge in [0.2, 0.25) is 0 Å². The Morgan fingerprint density at radius 3 is 2.52 bits per heavy atom. The summed E-state index contributed by atoms with van der Waals surface area (Å²) >= 11 is 0. The van der Waals surface area contributed by atoms with Gasteiger partial charge in [-0.3, -0.25) is 4.79 Å². The molecule has 0 N–H and O–H groups in total. The fourth-order valence-corrected chi connectivity index (χ4v) is 2.46. The minimum atomic E-state index is -1.31. The van der Waals surface area contributed by atoms with Gasteiger partial charge >= 0.3 is 0 Å². The molecule has 0 aliphatic rings. The predicted molar refractivity (Wildman–Crippen MR) is 94.3 cm³/mol. The van der Waals surface area contributed by atoms with Gasteiger partial charge < -0.3 is 14.6 Å². The third-order valence-corrected chi connectivity index (χ3v) is 3.68. The average molecular weight is 331 g/mol. The lowest BCUT2D eigenvalue weighted by Crippen LogP contribution is -2.28. The SMILES string of the molecule is O=C([O-])COc1cccc(C(=O)/C=C/c2ccc3ccccc3c2)c1. The van der Waals surface area contributed by atoms with Crippen molar-refractivity contribution in [2.45, 2.75) is 0 Å². The number of ketones is 1. The van der Waals surface area contributed by atoms with E-state index < -0.39 is 12.6 Å². The van der Waals surface area contributed by atoms with Crippen LogP contribution in [0.25, 0.3) is 16.8 Å². The van der Waals surface area contributed by atoms with Crippen molar-refractivity contribution in [3.8, 4) is 5.75 Å². The Labute approximate surface area is 145 Å². The Balaban J connectivity index is 1.75. The van der Waals surface area contributed by atoms with E-state index >= 15 is 0 Å². The molecule has 0 amide bonds. The lowest BCUT2D eigenvalue weighted by molar-refractivity contribution is -0.307. The topological polar surface area (TPSA) is 66.4 Å². The third kappa shape index (κ3) is 4.32. The zero-order chi connectivity index (χ0) is 17.6. The van der Waals surface area contributed by atoms with Gasteiger partial charge in [-0.1, -0.05) is 54.6 Å². The number of carbonyl (C=O) groups excluding carboxylic acids is 2. The van der Waals surface area contributed by atoms with Crippen LogP contribution in [-0.4, -0.2) is 18.4 Å². The van der Waals surface area contributed by atoms with Crippen molar-refractivity contribution in [1.29, 1.82) is 0 Å². The molecule has 3 rings (SSSR count). The van der Waals surface area contributed by atoms with Crippen molar-refractivity contribution < 1.29 is 19.4 Å². The zero-order valence-corrected chi connectivity index (χ0v) is 13.3. The quantitative estimate of drug-likeness (QED) is 0.514. The summed E-state index contributed by atoms with van der Waals surface area (Å²) in [7, 11) is 0. The Hall–Kier alpha value is -3.40. The standard InChI is InChI=1S/C21H16O4/c22-20(18-6-3-7-19(13-18)25-14-21(23)24)11-9-15-8-10-16-4-1-2-5-17(16)12-15/h1-13H,14H2,(H,23,24)/p-1/b11-9+. The van der Waals surface area contributed by atoms with Crippen molar-refractivity contribution in [3.63, 3.8) is 0 Å². The average Bonchev–Trinajstić information content (AvgIpc) is 2.64. The fourth-order valence-electron chi connectivity index (χ4n) is 2.46. The number of ether oxygens (including phenoxy) is 1. The third-order valence-electron chi connectivity index (χ3n) is 3.68. The summed E-state index contributed by atoms with van der Waals surface area (Å²) in [6.45, 7) is -0.551. The first-order chi connectivity index (χ1) is 12.1. The molecule has 0 aliphatic carbocycles. The number of allylic oxidation sites excluding steroid dienone is 1. The molecule has 3 aromatic carbocycles. The van der Waals surface area contributed by atoms with Gasteiger partial charge in [0.15, 0.2) is 5.78 Å². The van der Waals surface area contributed by atoms with Crippen molar-refractivity contribution >= 4 is 28.6 Å². The van der Waals surface area contributed by atoms with Gasteiger partial charge in [0.25, 0.3) is 0 Å². The molecule has 4 nitrogen and oxygen atoms in total. The van der Waals surface area contributed by atoms with Crippen molar-refractivity contribution in [2.75, 3.05) is 6.61 Å². The summed E-state index contributed by atoms with van der Waals surface area (Å²) in [4.78, 5) is 22.7. The molecule has 4 heteroatoms. The van der Waals surface area contributed by atoms with E-state index in [0.717, 1.165) is 16.3 Å². The number of hydrogen-bond donors (Lipinski definition) is 0. The highest BCUT2D eigenvalue weighted by Gasteiger charge is 2.04. The maximum absolute atomic E-state index is 12.3. The van der Waals surface area contributed by atoms with Crippen LogP contribution in [0, 0.1) is 0 Å². The van der Waals surface area contributed by atoms with Crippen molar-refractivity contribution in [2.24, 2.45) is 0 Å². The van der Waals surface area contributed by atoms with E-state index in [1.807, 2.05) is 42.5 Å². The molecule has 0 aliphatic heterocycles. The molecule has 0 aromatic heterocycles. The number of rotatable bonds is 6. The van der Waals surface area contributed by atoms with E-state index in [1.54, 1.807) is 24.3 Å². The van der Waals surface area contributed by atoms with Crippen LogP contribution >= 0.6 is 0 Å². The smallest absolute Gasteiger partial charge is 0.185 e. The Morgan fingerprint density at radius 2 is 1.72 bits per heavy atom. The van der Waals surface area contributed by atoms with Gasteiger partial charge in [0, 0.05) is 5.56 Å². The first kappa shape index (κ1) is 16.5. The zero-order valence-electron chi connectivity index (χ0n) is 13.3. The summed E-state index contributed by atoms with van der Waals surface area (Å²) < 4.78 is 5.03. The van der Waals surface area contributed by atoms with E-state index in [9.17, 15) is 14.7 Å². The number of benzene rings is 3. The Bertz CT molecular complexity index is 957. The molecule has 0 spiro atoms. The highest BCUT2D eigenvalue weighted by atomic mass is 16.5. The molecule has 0 saturated carbocycles. The van der Waals surface area contributed by atoms with Crippen LogP contribution in [0.2, 0.25) is 0 Å². The number of carboxylic acid groups (broad SMARTS) is 1. The van der Waals surface area contributed by atoms with E-state index in [4.69, 9.17) is 4.74 Å². The van der Waals surface area contributed by atoms with Crippen LogP contribution in [-0.2, 0) is 4.79 Å². The molecule has 0 fully saturated rings. The first-order valence-electron chi connectivity index (χ1n) is 7.76. The number of hydrogen-bond acceptors (Lipinski definition) is 4. The number of aliphatic carboxylic acids is 1. The van der Waals surface area contributed by atoms with Crippen LogP contribution in [0.1, 0.15) is 15.9 Å². The minimum Gasteiger partial charge on any atom is -0.546 e. The molecular weight excluding hydrogens is 316 g/mol. The molecule has 0 atom stereocenters. The van der Waals surface area contributed by atoms with Crippen LogP contribution in [0.15, 0.2) is 72.8 Å². The monoisotopic (exact) mass is 331 g/mol. The fraction of sp³-hybridized carbons (Fsp3) is 0.0476. The van der Waals surface area contributed by atoms with Gasteiger partial charge in [-0.05, 0) is 40.6 Å². The lowest BCUT2D eigenvalue weighted by Gasteiger charge is -2.07. The second kappa shape index (κ2) is 7.45. The predicted octanol–water partition coefficient (Wildman–Crippen LogP) is 2.86. The van der Waals surface area contributed by atoms with Gasteiger partial charge in [0.05, 0.1) is 5.97 Å². The van der Waals surface area contributed by atoms with E-state index in [0.29, 0.717) is 11.3 Å². The molecule has 124 valence electrons. The van der Waals surface area contributed by atoms with Crippen molar-refractivity contribution in [1.82, 2.24) is 0 Å². The van der Waals surface area contributed by atoms with Crippen LogP contribution < -0.4 is 9.84 Å². The summed E-state index contributed by atoms with van der Waals surface area (Å²) in [6.07, 6.45) is 3.24. The van der Waals surface area contributed by atoms with E-state index in [2.05, 4.69) is 0 Å². The van der Waals surface area contributed by atoms with E-state index in [1.165, 1.54) is 12.1 Å². The highest BCUT2D eigenvalue weighted by Crippen LogP contribution is 2.18. The van der Waals surface area contributed by atoms with Gasteiger partial charge in [-0.25, -0.2) is 0 Å². The normalized spacial score (nSPS) is 10.9. The summed E-state index contributed by atoms with van der Waals surface area (Å²) in [5.74, 6) is -1.19. The maximum atomic E-state index is 12.3. The summed E-state index contributed by atoms with van der Waals surface area (Å²) in [5.41, 5.74) is 1.35. The molecule has 0 unspecified atom stereocenters.